The molecule has 12 heteroatoms. The van der Waals surface area contributed by atoms with Crippen molar-refractivity contribution < 1.29 is 23.2 Å². The number of halogens is 2. The van der Waals surface area contributed by atoms with Crippen LogP contribution in [0.4, 0.5) is 4.39 Å². The number of Topliss-reactive ketones (excluding diaryl/α,β-unsaturated/α-hetero) is 1. The summed E-state index contributed by atoms with van der Waals surface area (Å²) in [6.45, 7) is 8.92. The topological polar surface area (TPSA) is 102 Å². The van der Waals surface area contributed by atoms with Crippen molar-refractivity contribution in [3.05, 3.63) is 59.0 Å². The molecule has 0 saturated carbocycles. The minimum Gasteiger partial charge on any atom is -0.364 e. The summed E-state index contributed by atoms with van der Waals surface area (Å²) in [6.07, 6.45) is 4.49. The van der Waals surface area contributed by atoms with Gasteiger partial charge in [-0.25, -0.2) is 9.37 Å². The molecule has 9 nitrogen and oxygen atoms in total. The Labute approximate surface area is 252 Å². The van der Waals surface area contributed by atoms with E-state index < -0.39 is 19.9 Å². The SMILES string of the molecule is CN1CC(C(=O)N[C@@H](CCCCCC(=O)c2ccon2)c2c(Cl)nc(-c3ccccc3F)n2COCC[Si](C)(C)C)C1. The third-order valence-corrected chi connectivity index (χ3v) is 9.48. The number of nitrogens with zero attached hydrogens (tertiary/aromatic N) is 4. The second-order valence-corrected chi connectivity index (χ2v) is 18.2. The quantitative estimate of drug-likeness (QED) is 0.116. The average molecular weight is 618 g/mol. The number of carbonyl (C=O) groups excluding carboxylic acids is 2. The minimum absolute atomic E-state index is 0.0461. The number of benzene rings is 1. The molecular weight excluding hydrogens is 577 g/mol. The maximum Gasteiger partial charge on any atom is 0.226 e. The Morgan fingerprint density at radius 1 is 1.19 bits per heavy atom. The molecule has 1 fully saturated rings. The average Bonchev–Trinajstić information content (AvgIpc) is 3.56. The zero-order chi connectivity index (χ0) is 30.3. The van der Waals surface area contributed by atoms with Gasteiger partial charge in [0.2, 0.25) is 5.91 Å². The van der Waals surface area contributed by atoms with Crippen LogP contribution in [0.1, 0.15) is 54.3 Å². The molecule has 0 aliphatic carbocycles. The first kappa shape index (κ1) is 32.1. The largest absolute Gasteiger partial charge is 0.364 e. The van der Waals surface area contributed by atoms with Gasteiger partial charge >= 0.3 is 0 Å². The Kier molecular flexibility index (Phi) is 11.1. The van der Waals surface area contributed by atoms with Crippen LogP contribution in [-0.4, -0.2) is 66.1 Å². The maximum atomic E-state index is 15.0. The smallest absolute Gasteiger partial charge is 0.226 e. The molecule has 1 saturated heterocycles. The van der Waals surface area contributed by atoms with E-state index in [1.54, 1.807) is 28.8 Å². The van der Waals surface area contributed by atoms with Crippen molar-refractivity contribution in [2.75, 3.05) is 26.7 Å². The van der Waals surface area contributed by atoms with Crippen molar-refractivity contribution in [3.63, 3.8) is 0 Å². The number of aromatic nitrogens is 3. The zero-order valence-electron chi connectivity index (χ0n) is 24.9. The number of hydrogen-bond acceptors (Lipinski definition) is 7. The van der Waals surface area contributed by atoms with Crippen LogP contribution in [0.3, 0.4) is 0 Å². The van der Waals surface area contributed by atoms with Gasteiger partial charge in [0, 0.05) is 40.3 Å². The molecule has 3 heterocycles. The van der Waals surface area contributed by atoms with Crippen molar-refractivity contribution in [1.29, 1.82) is 0 Å². The van der Waals surface area contributed by atoms with Crippen LogP contribution < -0.4 is 5.32 Å². The zero-order valence-corrected chi connectivity index (χ0v) is 26.6. The molecule has 1 aromatic carbocycles. The van der Waals surface area contributed by atoms with Gasteiger partial charge in [0.25, 0.3) is 0 Å². The summed E-state index contributed by atoms with van der Waals surface area (Å²) in [7, 11) is 0.647. The number of rotatable bonds is 16. The van der Waals surface area contributed by atoms with Crippen LogP contribution >= 0.6 is 11.6 Å². The van der Waals surface area contributed by atoms with Crippen molar-refractivity contribution in [2.45, 2.75) is 70.6 Å². The molecule has 1 atom stereocenters. The third kappa shape index (κ3) is 8.59. The van der Waals surface area contributed by atoms with E-state index in [0.717, 1.165) is 18.9 Å². The molecule has 228 valence electrons. The highest BCUT2D eigenvalue weighted by atomic mass is 35.5. The molecule has 1 amide bonds. The summed E-state index contributed by atoms with van der Waals surface area (Å²) in [5.74, 6) is -0.262. The number of carbonyl (C=O) groups is 2. The minimum atomic E-state index is -1.33. The van der Waals surface area contributed by atoms with Crippen molar-refractivity contribution in [3.8, 4) is 11.4 Å². The number of ether oxygens (including phenoxy) is 1. The first-order valence-corrected chi connectivity index (χ1v) is 18.6. The number of hydrogen-bond donors (Lipinski definition) is 1. The van der Waals surface area contributed by atoms with Crippen LogP contribution in [0.15, 0.2) is 41.1 Å². The molecule has 0 radical (unpaired) electrons. The molecule has 0 spiro atoms. The number of nitrogens with one attached hydrogen (secondary N) is 1. The highest BCUT2D eigenvalue weighted by Gasteiger charge is 2.33. The van der Waals surface area contributed by atoms with Crippen LogP contribution in [0, 0.1) is 11.7 Å². The molecule has 1 aliphatic rings. The Morgan fingerprint density at radius 2 is 1.95 bits per heavy atom. The Morgan fingerprint density at radius 3 is 2.62 bits per heavy atom. The monoisotopic (exact) mass is 617 g/mol. The van der Waals surface area contributed by atoms with E-state index >= 15 is 0 Å². The van der Waals surface area contributed by atoms with Crippen molar-refractivity contribution in [1.82, 2.24) is 24.9 Å². The summed E-state index contributed by atoms with van der Waals surface area (Å²) < 4.78 is 27.6. The van der Waals surface area contributed by atoms with Crippen molar-refractivity contribution in [2.24, 2.45) is 5.92 Å². The van der Waals surface area contributed by atoms with Crippen LogP contribution in [-0.2, 0) is 16.3 Å². The van der Waals surface area contributed by atoms with E-state index in [0.29, 0.717) is 61.7 Å². The number of ketones is 1. The van der Waals surface area contributed by atoms with E-state index in [9.17, 15) is 14.0 Å². The molecule has 0 bridgehead atoms. The Hall–Kier alpha value is -2.86. The summed E-state index contributed by atoms with van der Waals surface area (Å²) in [4.78, 5) is 32.2. The fourth-order valence-electron chi connectivity index (χ4n) is 5.01. The lowest BCUT2D eigenvalue weighted by atomic mass is 9.98. The molecule has 4 rings (SSSR count). The normalized spacial score (nSPS) is 15.0. The lowest BCUT2D eigenvalue weighted by Gasteiger charge is -2.36. The first-order valence-electron chi connectivity index (χ1n) is 14.5. The van der Waals surface area contributed by atoms with Crippen LogP contribution in [0.2, 0.25) is 30.8 Å². The number of unbranched alkanes of at least 4 members (excludes halogenated alkanes) is 2. The summed E-state index contributed by atoms with van der Waals surface area (Å²) >= 11 is 6.78. The highest BCUT2D eigenvalue weighted by Crippen LogP contribution is 2.34. The van der Waals surface area contributed by atoms with E-state index in [2.05, 4.69) is 40.0 Å². The predicted molar refractivity (Wildman–Crippen MR) is 163 cm³/mol. The van der Waals surface area contributed by atoms with Gasteiger partial charge < -0.3 is 24.0 Å². The number of amides is 1. The lowest BCUT2D eigenvalue weighted by molar-refractivity contribution is -0.130. The fraction of sp³-hybridized carbons (Fsp3) is 0.533. The maximum absolute atomic E-state index is 15.0. The van der Waals surface area contributed by atoms with Gasteiger partial charge in [0.05, 0.1) is 23.2 Å². The molecule has 2 aromatic heterocycles. The first-order chi connectivity index (χ1) is 20.0. The second kappa shape index (κ2) is 14.5. The summed E-state index contributed by atoms with van der Waals surface area (Å²) in [5.41, 5.74) is 1.25. The van der Waals surface area contributed by atoms with Gasteiger partial charge in [0.1, 0.15) is 30.3 Å². The number of likely N-dealkylation sites (tertiary alicyclic amines) is 1. The molecular formula is C30H41ClFN5O4Si. The lowest BCUT2D eigenvalue weighted by Crippen LogP contribution is -2.52. The van der Waals surface area contributed by atoms with E-state index in [1.165, 1.54) is 12.3 Å². The molecule has 1 N–H and O–H groups in total. The van der Waals surface area contributed by atoms with Crippen LogP contribution in [0.25, 0.3) is 11.4 Å². The fourth-order valence-corrected chi connectivity index (χ4v) is 6.08. The molecule has 3 aromatic rings. The third-order valence-electron chi connectivity index (χ3n) is 7.50. The summed E-state index contributed by atoms with van der Waals surface area (Å²) in [5, 5.41) is 7.13. The van der Waals surface area contributed by atoms with Gasteiger partial charge in [0.15, 0.2) is 10.9 Å². The van der Waals surface area contributed by atoms with Gasteiger partial charge in [-0.1, -0.05) is 61.4 Å². The predicted octanol–water partition coefficient (Wildman–Crippen LogP) is 6.20. The Bertz CT molecular complexity index is 1340. The van der Waals surface area contributed by atoms with E-state index in [-0.39, 0.29) is 29.5 Å². The molecule has 42 heavy (non-hydrogen) atoms. The standard InChI is InChI=1S/C30H41ClFN5O4Si/c1-36-18-21(19-36)30(39)33-25(12-6-5-7-13-26(38)24-14-15-41-35-24)27-28(31)34-29(22-10-8-9-11-23(22)32)37(27)20-40-16-17-42(2,3)4/h8-11,14-15,21,25H,5-7,12-13,16-20H2,1-4H3,(H,33,39)/t25-/m0/s1. The van der Waals surface area contributed by atoms with Gasteiger partial charge in [-0.05, 0) is 38.1 Å². The van der Waals surface area contributed by atoms with Crippen molar-refractivity contribution >= 4 is 31.4 Å². The van der Waals surface area contributed by atoms with Gasteiger partial charge in [-0.15, -0.1) is 0 Å². The second-order valence-electron chi connectivity index (χ2n) is 12.3. The molecule has 1 aliphatic heterocycles. The van der Waals surface area contributed by atoms with Gasteiger partial charge in [-0.3, -0.25) is 9.59 Å². The van der Waals surface area contributed by atoms with Crippen LogP contribution in [0.5, 0.6) is 0 Å². The number of imidazole rings is 1. The highest BCUT2D eigenvalue weighted by molar-refractivity contribution is 6.76. The molecule has 0 unspecified atom stereocenters. The van der Waals surface area contributed by atoms with E-state index in [4.69, 9.17) is 20.9 Å². The summed E-state index contributed by atoms with van der Waals surface area (Å²) in [6, 6.07) is 8.52. The Balaban J connectivity index is 1.55. The van der Waals surface area contributed by atoms with E-state index in [1.807, 2.05) is 7.05 Å². The van der Waals surface area contributed by atoms with Gasteiger partial charge in [-0.2, -0.15) is 0 Å².